The lowest BCUT2D eigenvalue weighted by Crippen LogP contribution is -2.45. The Labute approximate surface area is 90.2 Å². The van der Waals surface area contributed by atoms with Crippen LogP contribution in [0.15, 0.2) is 0 Å². The Morgan fingerprint density at radius 3 is 2.27 bits per heavy atom. The number of carboxylic acid groups (broad SMARTS) is 1. The molecule has 0 spiro atoms. The van der Waals surface area contributed by atoms with Gasteiger partial charge in [-0.1, -0.05) is 13.8 Å². The Kier molecular flexibility index (Phi) is 6.70. The first kappa shape index (κ1) is 13.9. The first-order valence-electron chi connectivity index (χ1n) is 5.23. The van der Waals surface area contributed by atoms with Crippen LogP contribution in [-0.4, -0.2) is 36.6 Å². The third-order valence-corrected chi connectivity index (χ3v) is 2.46. The van der Waals surface area contributed by atoms with E-state index in [2.05, 4.69) is 10.6 Å². The van der Waals surface area contributed by atoms with Crippen LogP contribution in [0, 0.1) is 5.92 Å². The van der Waals surface area contributed by atoms with Crippen LogP contribution < -0.4 is 10.6 Å². The van der Waals surface area contributed by atoms with Crippen LogP contribution in [0.2, 0.25) is 0 Å². The van der Waals surface area contributed by atoms with Crippen molar-refractivity contribution in [2.24, 2.45) is 5.92 Å². The van der Waals surface area contributed by atoms with Gasteiger partial charge in [0.15, 0.2) is 0 Å². The van der Waals surface area contributed by atoms with E-state index >= 15 is 0 Å². The summed E-state index contributed by atoms with van der Waals surface area (Å²) in [4.78, 5) is 21.9. The zero-order chi connectivity index (χ0) is 11.8. The normalized spacial score (nSPS) is 14.3. The van der Waals surface area contributed by atoms with Gasteiger partial charge in [0.2, 0.25) is 5.91 Å². The van der Waals surface area contributed by atoms with Crippen LogP contribution in [0.5, 0.6) is 0 Å². The molecule has 88 valence electrons. The molecule has 3 N–H and O–H groups in total. The van der Waals surface area contributed by atoms with E-state index in [0.717, 1.165) is 0 Å². The summed E-state index contributed by atoms with van der Waals surface area (Å²) in [6.07, 6.45) is 1.13. The summed E-state index contributed by atoms with van der Waals surface area (Å²) in [6.45, 7) is 4.08. The molecule has 5 heteroatoms. The van der Waals surface area contributed by atoms with Gasteiger partial charge in [0.1, 0.15) is 6.04 Å². The second-order valence-corrected chi connectivity index (χ2v) is 3.43. The molecule has 0 aliphatic carbocycles. The maximum Gasteiger partial charge on any atom is 0.321 e. The molecule has 0 aliphatic heterocycles. The minimum atomic E-state index is -0.880. The van der Waals surface area contributed by atoms with Crippen molar-refractivity contribution in [2.45, 2.75) is 32.7 Å². The SMILES string of the molecule is CCC(=O)NCC(CC)C(NC)C(=O)O. The molecule has 2 unspecified atom stereocenters. The van der Waals surface area contributed by atoms with Crippen molar-refractivity contribution < 1.29 is 14.7 Å². The van der Waals surface area contributed by atoms with Crippen molar-refractivity contribution in [3.63, 3.8) is 0 Å². The van der Waals surface area contributed by atoms with Gasteiger partial charge in [-0.25, -0.2) is 0 Å². The highest BCUT2D eigenvalue weighted by Crippen LogP contribution is 2.07. The molecule has 2 atom stereocenters. The molecule has 0 fully saturated rings. The molecular formula is C10H20N2O3. The molecule has 0 aliphatic rings. The largest absolute Gasteiger partial charge is 0.480 e. The van der Waals surface area contributed by atoms with E-state index in [4.69, 9.17) is 5.11 Å². The molecule has 0 heterocycles. The van der Waals surface area contributed by atoms with E-state index in [-0.39, 0.29) is 11.8 Å². The number of carbonyl (C=O) groups is 2. The van der Waals surface area contributed by atoms with Gasteiger partial charge >= 0.3 is 5.97 Å². The number of aliphatic carboxylic acids is 1. The second kappa shape index (κ2) is 7.23. The van der Waals surface area contributed by atoms with Crippen molar-refractivity contribution >= 4 is 11.9 Å². The summed E-state index contributed by atoms with van der Waals surface area (Å²) in [5.41, 5.74) is 0. The number of amides is 1. The van der Waals surface area contributed by atoms with Crippen molar-refractivity contribution in [1.82, 2.24) is 10.6 Å². The van der Waals surface area contributed by atoms with Gasteiger partial charge in [-0.15, -0.1) is 0 Å². The highest BCUT2D eigenvalue weighted by atomic mass is 16.4. The Bertz CT molecular complexity index is 219. The molecule has 0 aromatic rings. The predicted octanol–water partition coefficient (Wildman–Crippen LogP) is 0.211. The summed E-state index contributed by atoms with van der Waals surface area (Å²) < 4.78 is 0. The maximum atomic E-state index is 11.0. The highest BCUT2D eigenvalue weighted by Gasteiger charge is 2.25. The molecule has 0 saturated heterocycles. The van der Waals surface area contributed by atoms with Gasteiger partial charge in [0, 0.05) is 18.9 Å². The lowest BCUT2D eigenvalue weighted by Gasteiger charge is -2.22. The van der Waals surface area contributed by atoms with Gasteiger partial charge in [-0.05, 0) is 13.5 Å². The van der Waals surface area contributed by atoms with Crippen LogP contribution in [-0.2, 0) is 9.59 Å². The Morgan fingerprint density at radius 2 is 1.93 bits per heavy atom. The zero-order valence-corrected chi connectivity index (χ0v) is 9.54. The van der Waals surface area contributed by atoms with Crippen LogP contribution >= 0.6 is 0 Å². The molecular weight excluding hydrogens is 196 g/mol. The van der Waals surface area contributed by atoms with Crippen molar-refractivity contribution in [1.29, 1.82) is 0 Å². The van der Waals surface area contributed by atoms with Crippen molar-refractivity contribution in [2.75, 3.05) is 13.6 Å². The number of likely N-dealkylation sites (N-methyl/N-ethyl adjacent to an activating group) is 1. The van der Waals surface area contributed by atoms with Crippen LogP contribution in [0.4, 0.5) is 0 Å². The van der Waals surface area contributed by atoms with Crippen molar-refractivity contribution in [3.8, 4) is 0 Å². The van der Waals surface area contributed by atoms with Gasteiger partial charge in [-0.2, -0.15) is 0 Å². The lowest BCUT2D eigenvalue weighted by molar-refractivity contribution is -0.141. The van der Waals surface area contributed by atoms with E-state index in [1.54, 1.807) is 14.0 Å². The first-order valence-corrected chi connectivity index (χ1v) is 5.23. The standard InChI is InChI=1S/C10H20N2O3/c1-4-7(6-12-8(13)5-2)9(11-3)10(14)15/h7,9,11H,4-6H2,1-3H3,(H,12,13)(H,14,15). The quantitative estimate of drug-likeness (QED) is 0.568. The molecule has 1 amide bonds. The van der Waals surface area contributed by atoms with Crippen LogP contribution in [0.3, 0.4) is 0 Å². The third-order valence-electron chi connectivity index (χ3n) is 2.46. The number of nitrogens with one attached hydrogen (secondary N) is 2. The number of carbonyl (C=O) groups excluding carboxylic acids is 1. The molecule has 15 heavy (non-hydrogen) atoms. The van der Waals surface area contributed by atoms with Crippen LogP contribution in [0.25, 0.3) is 0 Å². The minimum Gasteiger partial charge on any atom is -0.480 e. The van der Waals surface area contributed by atoms with E-state index in [9.17, 15) is 9.59 Å². The van der Waals surface area contributed by atoms with E-state index < -0.39 is 12.0 Å². The average Bonchev–Trinajstić information content (AvgIpc) is 2.22. The first-order chi connectivity index (χ1) is 7.06. The third kappa shape index (κ3) is 4.78. The summed E-state index contributed by atoms with van der Waals surface area (Å²) >= 11 is 0. The van der Waals surface area contributed by atoms with E-state index in [1.807, 2.05) is 6.92 Å². The fraction of sp³-hybridized carbons (Fsp3) is 0.800. The van der Waals surface area contributed by atoms with Gasteiger partial charge < -0.3 is 15.7 Å². The summed E-state index contributed by atoms with van der Waals surface area (Å²) in [5.74, 6) is -1.01. The van der Waals surface area contributed by atoms with E-state index in [0.29, 0.717) is 19.4 Å². The van der Waals surface area contributed by atoms with Crippen molar-refractivity contribution in [3.05, 3.63) is 0 Å². The monoisotopic (exact) mass is 216 g/mol. The second-order valence-electron chi connectivity index (χ2n) is 3.43. The zero-order valence-electron chi connectivity index (χ0n) is 9.54. The summed E-state index contributed by atoms with van der Waals surface area (Å²) in [5, 5.41) is 14.4. The fourth-order valence-corrected chi connectivity index (χ4v) is 1.43. The average molecular weight is 216 g/mol. The van der Waals surface area contributed by atoms with Gasteiger partial charge in [0.25, 0.3) is 0 Å². The lowest BCUT2D eigenvalue weighted by atomic mass is 9.97. The number of hydrogen-bond donors (Lipinski definition) is 3. The maximum absolute atomic E-state index is 11.0. The Hall–Kier alpha value is -1.10. The topological polar surface area (TPSA) is 78.4 Å². The van der Waals surface area contributed by atoms with Crippen LogP contribution in [0.1, 0.15) is 26.7 Å². The molecule has 0 aromatic heterocycles. The summed E-state index contributed by atoms with van der Waals surface area (Å²) in [7, 11) is 1.61. The molecule has 0 radical (unpaired) electrons. The van der Waals surface area contributed by atoms with E-state index in [1.165, 1.54) is 0 Å². The smallest absolute Gasteiger partial charge is 0.321 e. The molecule has 5 nitrogen and oxygen atoms in total. The molecule has 0 saturated carbocycles. The molecule has 0 bridgehead atoms. The fourth-order valence-electron chi connectivity index (χ4n) is 1.43. The summed E-state index contributed by atoms with van der Waals surface area (Å²) in [6, 6.07) is -0.604. The molecule has 0 rings (SSSR count). The Morgan fingerprint density at radius 1 is 1.33 bits per heavy atom. The van der Waals surface area contributed by atoms with Gasteiger partial charge in [-0.3, -0.25) is 9.59 Å². The van der Waals surface area contributed by atoms with Gasteiger partial charge in [0.05, 0.1) is 0 Å². The highest BCUT2D eigenvalue weighted by molar-refractivity contribution is 5.76. The predicted molar refractivity (Wildman–Crippen MR) is 57.6 cm³/mol. The minimum absolute atomic E-state index is 0.0475. The number of hydrogen-bond acceptors (Lipinski definition) is 3. The molecule has 0 aromatic carbocycles. The number of rotatable bonds is 7. The number of carboxylic acids is 1. The Balaban J connectivity index is 4.21.